The van der Waals surface area contributed by atoms with Crippen LogP contribution in [0.4, 0.5) is 10.1 Å². The fraction of sp³-hybridized carbons (Fsp3) is 0.136. The highest BCUT2D eigenvalue weighted by molar-refractivity contribution is 7.15. The largest absolute Gasteiger partial charge is 0.349 e. The molecule has 0 aliphatic rings. The fourth-order valence-electron chi connectivity index (χ4n) is 3.06. The molecule has 0 radical (unpaired) electrons. The molecule has 30 heavy (non-hydrogen) atoms. The Morgan fingerprint density at radius 1 is 1.13 bits per heavy atom. The van der Waals surface area contributed by atoms with E-state index in [4.69, 9.17) is 0 Å². The van der Waals surface area contributed by atoms with E-state index in [1.165, 1.54) is 35.6 Å². The van der Waals surface area contributed by atoms with E-state index >= 15 is 0 Å². The Hall–Kier alpha value is -3.52. The summed E-state index contributed by atoms with van der Waals surface area (Å²) in [5.74, 6) is -0.814. The molecule has 6 nitrogen and oxygen atoms in total. The van der Waals surface area contributed by atoms with Crippen LogP contribution < -0.4 is 10.6 Å². The quantitative estimate of drug-likeness (QED) is 0.489. The third-order valence-electron chi connectivity index (χ3n) is 4.64. The predicted octanol–water partition coefficient (Wildman–Crippen LogP) is 4.21. The summed E-state index contributed by atoms with van der Waals surface area (Å²) in [5.41, 5.74) is 2.63. The number of hydrogen-bond donors (Lipinski definition) is 2. The molecule has 1 unspecified atom stereocenters. The van der Waals surface area contributed by atoms with Crippen molar-refractivity contribution in [1.82, 2.24) is 14.7 Å². The van der Waals surface area contributed by atoms with Crippen molar-refractivity contribution in [3.63, 3.8) is 0 Å². The minimum absolute atomic E-state index is 0.109. The monoisotopic (exact) mass is 422 g/mol. The number of thiazole rings is 1. The van der Waals surface area contributed by atoms with Gasteiger partial charge in [0.15, 0.2) is 4.96 Å². The van der Waals surface area contributed by atoms with Gasteiger partial charge in [-0.25, -0.2) is 9.37 Å². The van der Waals surface area contributed by atoms with E-state index in [0.717, 1.165) is 16.2 Å². The Bertz CT molecular complexity index is 1150. The van der Waals surface area contributed by atoms with Gasteiger partial charge in [-0.15, -0.1) is 11.3 Å². The van der Waals surface area contributed by atoms with Gasteiger partial charge in [-0.05, 0) is 48.9 Å². The summed E-state index contributed by atoms with van der Waals surface area (Å²) in [5, 5.41) is 7.68. The molecule has 2 amide bonds. The molecule has 4 rings (SSSR count). The Balaban J connectivity index is 1.33. The topological polar surface area (TPSA) is 75.5 Å². The second-order valence-electron chi connectivity index (χ2n) is 6.87. The van der Waals surface area contributed by atoms with E-state index in [1.807, 2.05) is 41.2 Å². The number of benzene rings is 2. The van der Waals surface area contributed by atoms with Crippen molar-refractivity contribution in [3.8, 4) is 0 Å². The molecule has 2 N–H and O–H groups in total. The standard InChI is InChI=1S/C22H19FN4O2S/c1-14(24-20(28)12-19-13-27-10-11-30-22(27)26-19)15-4-8-18(9-5-15)25-21(29)16-2-6-17(23)7-3-16/h2-11,13-14H,12H2,1H3,(H,24,28)(H,25,29). The first kappa shape index (κ1) is 19.8. The van der Waals surface area contributed by atoms with Crippen LogP contribution in [0.25, 0.3) is 4.96 Å². The Morgan fingerprint density at radius 2 is 1.87 bits per heavy atom. The molecule has 8 heteroatoms. The van der Waals surface area contributed by atoms with Crippen LogP contribution in [0.5, 0.6) is 0 Å². The average Bonchev–Trinajstić information content (AvgIpc) is 3.30. The summed E-state index contributed by atoms with van der Waals surface area (Å²) in [6, 6.07) is 12.4. The first-order valence-electron chi connectivity index (χ1n) is 9.35. The van der Waals surface area contributed by atoms with Gasteiger partial charge in [0.25, 0.3) is 5.91 Å². The maximum atomic E-state index is 13.0. The van der Waals surface area contributed by atoms with Gasteiger partial charge >= 0.3 is 0 Å². The van der Waals surface area contributed by atoms with Gasteiger partial charge in [0.05, 0.1) is 18.2 Å². The molecule has 1 atom stereocenters. The number of imidazole rings is 1. The summed E-state index contributed by atoms with van der Waals surface area (Å²) in [6.45, 7) is 1.90. The number of hydrogen-bond acceptors (Lipinski definition) is 4. The van der Waals surface area contributed by atoms with E-state index in [-0.39, 0.29) is 30.1 Å². The zero-order chi connectivity index (χ0) is 21.1. The number of anilines is 1. The molecule has 0 aliphatic carbocycles. The molecular weight excluding hydrogens is 403 g/mol. The third kappa shape index (κ3) is 4.55. The molecule has 2 aromatic heterocycles. The van der Waals surface area contributed by atoms with Crippen LogP contribution in [0, 0.1) is 5.82 Å². The van der Waals surface area contributed by atoms with E-state index in [9.17, 15) is 14.0 Å². The highest BCUT2D eigenvalue weighted by Crippen LogP contribution is 2.18. The minimum atomic E-state index is -0.389. The van der Waals surface area contributed by atoms with Crippen molar-refractivity contribution in [2.24, 2.45) is 0 Å². The fourth-order valence-corrected chi connectivity index (χ4v) is 3.78. The lowest BCUT2D eigenvalue weighted by Gasteiger charge is -2.15. The van der Waals surface area contributed by atoms with E-state index in [2.05, 4.69) is 15.6 Å². The molecule has 0 saturated heterocycles. The van der Waals surface area contributed by atoms with Gasteiger partial charge in [-0.2, -0.15) is 0 Å². The number of nitrogens with zero attached hydrogens (tertiary/aromatic N) is 2. The maximum Gasteiger partial charge on any atom is 0.255 e. The van der Waals surface area contributed by atoms with Gasteiger partial charge in [0, 0.05) is 29.0 Å². The summed E-state index contributed by atoms with van der Waals surface area (Å²) >= 11 is 1.52. The molecule has 0 spiro atoms. The number of amides is 2. The highest BCUT2D eigenvalue weighted by Gasteiger charge is 2.13. The second-order valence-corrected chi connectivity index (χ2v) is 7.75. The van der Waals surface area contributed by atoms with Crippen molar-refractivity contribution in [3.05, 3.63) is 88.9 Å². The molecule has 152 valence electrons. The van der Waals surface area contributed by atoms with Crippen molar-refractivity contribution in [2.45, 2.75) is 19.4 Å². The molecule has 2 heterocycles. The van der Waals surface area contributed by atoms with E-state index in [0.29, 0.717) is 11.3 Å². The molecule has 0 fully saturated rings. The normalized spacial score (nSPS) is 11.9. The molecule has 0 bridgehead atoms. The number of carbonyl (C=O) groups is 2. The van der Waals surface area contributed by atoms with Crippen LogP contribution >= 0.6 is 11.3 Å². The van der Waals surface area contributed by atoms with Crippen LogP contribution in [-0.4, -0.2) is 21.2 Å². The van der Waals surface area contributed by atoms with E-state index < -0.39 is 0 Å². The first-order valence-corrected chi connectivity index (χ1v) is 10.2. The average molecular weight is 422 g/mol. The van der Waals surface area contributed by atoms with E-state index in [1.54, 1.807) is 12.1 Å². The molecule has 0 saturated carbocycles. The number of fused-ring (bicyclic) bond motifs is 1. The summed E-state index contributed by atoms with van der Waals surface area (Å²) in [6.07, 6.45) is 3.98. The summed E-state index contributed by atoms with van der Waals surface area (Å²) < 4.78 is 14.9. The molecular formula is C22H19FN4O2S. The number of carbonyl (C=O) groups excluding carboxylic acids is 2. The van der Waals surface area contributed by atoms with Gasteiger partial charge in [-0.3, -0.25) is 14.0 Å². The second kappa shape index (κ2) is 8.46. The summed E-state index contributed by atoms with van der Waals surface area (Å²) in [4.78, 5) is 29.8. The molecule has 4 aromatic rings. The first-order chi connectivity index (χ1) is 14.5. The number of nitrogens with one attached hydrogen (secondary N) is 2. The lowest BCUT2D eigenvalue weighted by Crippen LogP contribution is -2.28. The lowest BCUT2D eigenvalue weighted by atomic mass is 10.1. The van der Waals surface area contributed by atoms with Crippen LogP contribution in [0.2, 0.25) is 0 Å². The van der Waals surface area contributed by atoms with Gasteiger partial charge in [-0.1, -0.05) is 12.1 Å². The van der Waals surface area contributed by atoms with Crippen LogP contribution in [-0.2, 0) is 11.2 Å². The van der Waals surface area contributed by atoms with Crippen molar-refractivity contribution < 1.29 is 14.0 Å². The SMILES string of the molecule is CC(NC(=O)Cc1cn2ccsc2n1)c1ccc(NC(=O)c2ccc(F)cc2)cc1. The van der Waals surface area contributed by atoms with Crippen molar-refractivity contribution >= 4 is 33.8 Å². The number of aromatic nitrogens is 2. The Labute approximate surface area is 176 Å². The maximum absolute atomic E-state index is 13.0. The van der Waals surface area contributed by atoms with Gasteiger partial charge in [0.2, 0.25) is 5.91 Å². The summed E-state index contributed by atoms with van der Waals surface area (Å²) in [7, 11) is 0. The van der Waals surface area contributed by atoms with Gasteiger partial charge < -0.3 is 10.6 Å². The Kier molecular flexibility index (Phi) is 5.58. The Morgan fingerprint density at radius 3 is 2.57 bits per heavy atom. The molecule has 2 aromatic carbocycles. The van der Waals surface area contributed by atoms with Crippen LogP contribution in [0.3, 0.4) is 0 Å². The predicted molar refractivity (Wildman–Crippen MR) is 114 cm³/mol. The number of rotatable bonds is 6. The smallest absolute Gasteiger partial charge is 0.255 e. The van der Waals surface area contributed by atoms with Crippen molar-refractivity contribution in [2.75, 3.05) is 5.32 Å². The highest BCUT2D eigenvalue weighted by atomic mass is 32.1. The van der Waals surface area contributed by atoms with Crippen molar-refractivity contribution in [1.29, 1.82) is 0 Å². The third-order valence-corrected chi connectivity index (χ3v) is 5.41. The van der Waals surface area contributed by atoms with Crippen LogP contribution in [0.1, 0.15) is 34.6 Å². The van der Waals surface area contributed by atoms with Crippen LogP contribution in [0.15, 0.2) is 66.3 Å². The zero-order valence-electron chi connectivity index (χ0n) is 16.1. The van der Waals surface area contributed by atoms with Gasteiger partial charge in [0.1, 0.15) is 5.82 Å². The molecule has 0 aliphatic heterocycles. The number of halogens is 1. The minimum Gasteiger partial charge on any atom is -0.349 e. The zero-order valence-corrected chi connectivity index (χ0v) is 16.9. The lowest BCUT2D eigenvalue weighted by molar-refractivity contribution is -0.121.